The first-order valence-electron chi connectivity index (χ1n) is 10.8. The monoisotopic (exact) mass is 399 g/mol. The molecule has 2 nitrogen and oxygen atoms in total. The lowest BCUT2D eigenvalue weighted by molar-refractivity contribution is 0.0340. The zero-order chi connectivity index (χ0) is 18.7. The van der Waals surface area contributed by atoms with E-state index in [1.807, 2.05) is 0 Å². The molecule has 1 saturated heterocycles. The van der Waals surface area contributed by atoms with Gasteiger partial charge in [0.15, 0.2) is 0 Å². The summed E-state index contributed by atoms with van der Waals surface area (Å²) in [6.45, 7) is 7.00. The summed E-state index contributed by atoms with van der Waals surface area (Å²) in [5.41, 5.74) is 4.69. The van der Waals surface area contributed by atoms with Crippen LogP contribution in [0.15, 0.2) is 48.5 Å². The normalized spacial score (nSPS) is 22.9. The van der Waals surface area contributed by atoms with Crippen LogP contribution in [0.5, 0.6) is 5.75 Å². The summed E-state index contributed by atoms with van der Waals surface area (Å²) in [4.78, 5) is 2.81. The molecule has 0 saturated carbocycles. The summed E-state index contributed by atoms with van der Waals surface area (Å²) in [7, 11) is 0. The predicted octanol–water partition coefficient (Wildman–Crippen LogP) is 6.37. The minimum Gasteiger partial charge on any atom is -0.486 e. The van der Waals surface area contributed by atoms with Gasteiger partial charge in [0, 0.05) is 5.54 Å². The summed E-state index contributed by atoms with van der Waals surface area (Å²) in [6.07, 6.45) is 9.19. The second-order valence-corrected chi connectivity index (χ2v) is 8.45. The molecule has 28 heavy (non-hydrogen) atoms. The summed E-state index contributed by atoms with van der Waals surface area (Å²) in [5, 5.41) is 0. The quantitative estimate of drug-likeness (QED) is 0.579. The number of rotatable bonds is 5. The van der Waals surface area contributed by atoms with E-state index in [9.17, 15) is 0 Å². The number of ether oxygens (including phenoxy) is 1. The first kappa shape index (κ1) is 21.2. The number of piperidine rings is 1. The third kappa shape index (κ3) is 4.39. The predicted molar refractivity (Wildman–Crippen MR) is 120 cm³/mol. The van der Waals surface area contributed by atoms with E-state index in [1.54, 1.807) is 5.56 Å². The van der Waals surface area contributed by atoms with E-state index >= 15 is 0 Å². The van der Waals surface area contributed by atoms with Crippen molar-refractivity contribution in [1.29, 1.82) is 0 Å². The van der Waals surface area contributed by atoms with Gasteiger partial charge in [-0.3, -0.25) is 4.90 Å². The number of nitrogens with zero attached hydrogens (tertiary/aromatic N) is 1. The summed E-state index contributed by atoms with van der Waals surface area (Å²) < 4.78 is 6.25. The Bertz CT molecular complexity index is 760. The van der Waals surface area contributed by atoms with Gasteiger partial charge in [-0.05, 0) is 87.4 Å². The largest absolute Gasteiger partial charge is 0.486 e. The SMILES string of the molecule is CCCN1CCCCC12CCc1cc(OC(C)c3ccccc3)ccc1C2.Cl. The molecule has 1 aliphatic heterocycles. The fourth-order valence-corrected chi connectivity index (χ4v) is 5.14. The Labute approximate surface area is 176 Å². The molecule has 1 heterocycles. The highest BCUT2D eigenvalue weighted by Gasteiger charge is 2.40. The standard InChI is InChI=1S/C25H33NO.ClH/c1-3-16-26-17-8-7-14-25(26)15-13-22-18-24(12-11-23(22)19-25)27-20(2)21-9-5-4-6-10-21;/h4-6,9-12,18,20H,3,7-8,13-17,19H2,1-2H3;1H. The maximum atomic E-state index is 6.25. The molecule has 1 fully saturated rings. The molecular weight excluding hydrogens is 366 g/mol. The van der Waals surface area contributed by atoms with Gasteiger partial charge in [-0.15, -0.1) is 12.4 Å². The molecular formula is C25H34ClNO. The van der Waals surface area contributed by atoms with Gasteiger partial charge in [0.1, 0.15) is 11.9 Å². The first-order valence-corrected chi connectivity index (χ1v) is 10.8. The van der Waals surface area contributed by atoms with Crippen LogP contribution < -0.4 is 4.74 Å². The number of fused-ring (bicyclic) bond motifs is 1. The highest BCUT2D eigenvalue weighted by molar-refractivity contribution is 5.85. The average molecular weight is 400 g/mol. The Kier molecular flexibility index (Phi) is 7.06. The number of hydrogen-bond acceptors (Lipinski definition) is 2. The van der Waals surface area contributed by atoms with E-state index in [-0.39, 0.29) is 18.5 Å². The van der Waals surface area contributed by atoms with Crippen molar-refractivity contribution in [3.05, 3.63) is 65.2 Å². The van der Waals surface area contributed by atoms with E-state index in [0.29, 0.717) is 5.54 Å². The van der Waals surface area contributed by atoms with Crippen molar-refractivity contribution < 1.29 is 4.74 Å². The minimum absolute atomic E-state index is 0. The van der Waals surface area contributed by atoms with Crippen LogP contribution in [0.3, 0.4) is 0 Å². The van der Waals surface area contributed by atoms with Gasteiger partial charge in [-0.25, -0.2) is 0 Å². The van der Waals surface area contributed by atoms with Gasteiger partial charge in [0.05, 0.1) is 0 Å². The van der Waals surface area contributed by atoms with Crippen LogP contribution in [0.1, 0.15) is 68.7 Å². The number of likely N-dealkylation sites (tertiary alicyclic amines) is 1. The first-order chi connectivity index (χ1) is 13.2. The van der Waals surface area contributed by atoms with Gasteiger partial charge in [0.25, 0.3) is 0 Å². The summed E-state index contributed by atoms with van der Waals surface area (Å²) in [5.74, 6) is 1.01. The van der Waals surface area contributed by atoms with E-state index in [2.05, 4.69) is 67.3 Å². The Hall–Kier alpha value is -1.51. The van der Waals surface area contributed by atoms with Crippen LogP contribution in [0.2, 0.25) is 0 Å². The summed E-state index contributed by atoms with van der Waals surface area (Å²) >= 11 is 0. The minimum atomic E-state index is 0. The van der Waals surface area contributed by atoms with Crippen molar-refractivity contribution in [2.45, 2.75) is 70.4 Å². The average Bonchev–Trinajstić information content (AvgIpc) is 2.71. The maximum Gasteiger partial charge on any atom is 0.121 e. The molecule has 2 atom stereocenters. The Morgan fingerprint density at radius 1 is 1.04 bits per heavy atom. The van der Waals surface area contributed by atoms with Crippen LogP contribution in [-0.4, -0.2) is 23.5 Å². The molecule has 0 aromatic heterocycles. The second kappa shape index (κ2) is 9.33. The van der Waals surface area contributed by atoms with Crippen LogP contribution in [-0.2, 0) is 12.8 Å². The molecule has 2 aromatic carbocycles. The number of aryl methyl sites for hydroxylation is 1. The number of benzene rings is 2. The Morgan fingerprint density at radius 2 is 1.86 bits per heavy atom. The molecule has 0 N–H and O–H groups in total. The fourth-order valence-electron chi connectivity index (χ4n) is 5.14. The van der Waals surface area contributed by atoms with Crippen molar-refractivity contribution in [2.24, 2.45) is 0 Å². The van der Waals surface area contributed by atoms with E-state index < -0.39 is 0 Å². The fraction of sp³-hybridized carbons (Fsp3) is 0.520. The van der Waals surface area contributed by atoms with Crippen molar-refractivity contribution in [3.8, 4) is 5.75 Å². The molecule has 152 valence electrons. The third-order valence-corrected chi connectivity index (χ3v) is 6.62. The molecule has 1 aliphatic carbocycles. The topological polar surface area (TPSA) is 12.5 Å². The Morgan fingerprint density at radius 3 is 2.64 bits per heavy atom. The molecule has 3 heteroatoms. The van der Waals surface area contributed by atoms with E-state index in [4.69, 9.17) is 4.74 Å². The van der Waals surface area contributed by atoms with Crippen molar-refractivity contribution in [2.75, 3.05) is 13.1 Å². The van der Waals surface area contributed by atoms with Crippen LogP contribution >= 0.6 is 12.4 Å². The highest BCUT2D eigenvalue weighted by atomic mass is 35.5. The lowest BCUT2D eigenvalue weighted by atomic mass is 9.72. The van der Waals surface area contributed by atoms with E-state index in [1.165, 1.54) is 69.2 Å². The van der Waals surface area contributed by atoms with Crippen molar-refractivity contribution in [1.82, 2.24) is 4.90 Å². The summed E-state index contributed by atoms with van der Waals surface area (Å²) in [6, 6.07) is 17.3. The molecule has 0 bridgehead atoms. The Balaban J connectivity index is 0.00000225. The molecule has 0 radical (unpaired) electrons. The molecule has 2 unspecified atom stereocenters. The van der Waals surface area contributed by atoms with Crippen LogP contribution in [0.25, 0.3) is 0 Å². The molecule has 0 amide bonds. The van der Waals surface area contributed by atoms with E-state index in [0.717, 1.165) is 5.75 Å². The lowest BCUT2D eigenvalue weighted by Crippen LogP contribution is -2.55. The van der Waals surface area contributed by atoms with Gasteiger partial charge < -0.3 is 4.74 Å². The molecule has 2 aromatic rings. The zero-order valence-corrected chi connectivity index (χ0v) is 18.1. The van der Waals surface area contributed by atoms with Crippen molar-refractivity contribution in [3.63, 3.8) is 0 Å². The van der Waals surface area contributed by atoms with Gasteiger partial charge >= 0.3 is 0 Å². The lowest BCUT2D eigenvalue weighted by Gasteiger charge is -2.50. The molecule has 1 spiro atoms. The zero-order valence-electron chi connectivity index (χ0n) is 17.3. The smallest absolute Gasteiger partial charge is 0.121 e. The highest BCUT2D eigenvalue weighted by Crippen LogP contribution is 2.41. The van der Waals surface area contributed by atoms with Gasteiger partial charge in [0.2, 0.25) is 0 Å². The van der Waals surface area contributed by atoms with Gasteiger partial charge in [-0.2, -0.15) is 0 Å². The van der Waals surface area contributed by atoms with Crippen LogP contribution in [0.4, 0.5) is 0 Å². The molecule has 4 rings (SSSR count). The van der Waals surface area contributed by atoms with Gasteiger partial charge in [-0.1, -0.05) is 49.7 Å². The molecule has 2 aliphatic rings. The second-order valence-electron chi connectivity index (χ2n) is 8.45. The number of halogens is 1. The van der Waals surface area contributed by atoms with Crippen LogP contribution in [0, 0.1) is 0 Å². The number of hydrogen-bond donors (Lipinski definition) is 0. The maximum absolute atomic E-state index is 6.25. The van der Waals surface area contributed by atoms with Crippen molar-refractivity contribution >= 4 is 12.4 Å². The third-order valence-electron chi connectivity index (χ3n) is 6.62.